The standard InChI is InChI=1S/C21H16N4/c1-25-18(14-6-3-2-4-7-14)11-12-19(25)21-23-17-10-9-16-15(20(17)24-21)8-5-13-22-16/h2-13H,1H3,(H,23,24). The van der Waals surface area contributed by atoms with E-state index in [0.29, 0.717) is 0 Å². The molecule has 4 heteroatoms. The Labute approximate surface area is 144 Å². The third-order valence-corrected chi connectivity index (χ3v) is 4.67. The molecule has 0 radical (unpaired) electrons. The molecule has 0 saturated heterocycles. The van der Waals surface area contributed by atoms with Gasteiger partial charge in [0.05, 0.1) is 22.2 Å². The quantitative estimate of drug-likeness (QED) is 0.508. The highest BCUT2D eigenvalue weighted by molar-refractivity contribution is 6.03. The molecule has 25 heavy (non-hydrogen) atoms. The SMILES string of the molecule is Cn1c(-c2ccccc2)ccc1-c1nc2c(ccc3ncccc32)[nH]1. The largest absolute Gasteiger partial charge is 0.341 e. The lowest BCUT2D eigenvalue weighted by molar-refractivity contribution is 0.936. The van der Waals surface area contributed by atoms with Gasteiger partial charge in [0.15, 0.2) is 5.82 Å². The molecule has 0 fully saturated rings. The molecule has 0 bridgehead atoms. The van der Waals surface area contributed by atoms with E-state index < -0.39 is 0 Å². The van der Waals surface area contributed by atoms with E-state index in [-0.39, 0.29) is 0 Å². The number of aromatic nitrogens is 4. The van der Waals surface area contributed by atoms with Crippen molar-refractivity contribution in [2.24, 2.45) is 7.05 Å². The summed E-state index contributed by atoms with van der Waals surface area (Å²) < 4.78 is 2.17. The maximum absolute atomic E-state index is 4.86. The summed E-state index contributed by atoms with van der Waals surface area (Å²) in [5, 5.41) is 1.07. The molecule has 0 amide bonds. The van der Waals surface area contributed by atoms with Gasteiger partial charge in [-0.05, 0) is 42.0 Å². The number of rotatable bonds is 2. The van der Waals surface area contributed by atoms with Crippen LogP contribution in [0.5, 0.6) is 0 Å². The highest BCUT2D eigenvalue weighted by Crippen LogP contribution is 2.29. The van der Waals surface area contributed by atoms with Crippen LogP contribution in [0.1, 0.15) is 0 Å². The first-order valence-electron chi connectivity index (χ1n) is 8.26. The molecule has 120 valence electrons. The Hall–Kier alpha value is -3.40. The van der Waals surface area contributed by atoms with Crippen LogP contribution in [0, 0.1) is 0 Å². The molecule has 4 nitrogen and oxygen atoms in total. The minimum Gasteiger partial charge on any atom is -0.341 e. The van der Waals surface area contributed by atoms with Gasteiger partial charge >= 0.3 is 0 Å². The van der Waals surface area contributed by atoms with E-state index in [9.17, 15) is 0 Å². The van der Waals surface area contributed by atoms with Crippen LogP contribution >= 0.6 is 0 Å². The number of nitrogens with one attached hydrogen (secondary N) is 1. The van der Waals surface area contributed by atoms with Crippen molar-refractivity contribution in [2.75, 3.05) is 0 Å². The minimum atomic E-state index is 0.871. The van der Waals surface area contributed by atoms with Gasteiger partial charge in [0, 0.05) is 24.3 Å². The second kappa shape index (κ2) is 5.31. The highest BCUT2D eigenvalue weighted by atomic mass is 15.0. The summed E-state index contributed by atoms with van der Waals surface area (Å²) in [6.45, 7) is 0. The smallest absolute Gasteiger partial charge is 0.155 e. The molecule has 0 unspecified atom stereocenters. The van der Waals surface area contributed by atoms with Crippen molar-refractivity contribution in [3.8, 4) is 22.8 Å². The van der Waals surface area contributed by atoms with E-state index in [4.69, 9.17) is 4.98 Å². The number of pyridine rings is 1. The molecule has 5 rings (SSSR count). The van der Waals surface area contributed by atoms with Gasteiger partial charge < -0.3 is 9.55 Å². The number of aromatic amines is 1. The molecule has 2 aromatic carbocycles. The van der Waals surface area contributed by atoms with Gasteiger partial charge in [-0.25, -0.2) is 4.98 Å². The van der Waals surface area contributed by atoms with Crippen LogP contribution in [0.15, 0.2) is 72.9 Å². The normalized spacial score (nSPS) is 11.4. The average Bonchev–Trinajstić information content (AvgIpc) is 3.26. The Morgan fingerprint density at radius 2 is 1.68 bits per heavy atom. The Morgan fingerprint density at radius 1 is 0.840 bits per heavy atom. The molecule has 5 aromatic rings. The molecule has 0 atom stereocenters. The van der Waals surface area contributed by atoms with Crippen LogP contribution in [0.25, 0.3) is 44.7 Å². The van der Waals surface area contributed by atoms with Gasteiger partial charge in [0.1, 0.15) is 0 Å². The first-order valence-corrected chi connectivity index (χ1v) is 8.26. The summed E-state index contributed by atoms with van der Waals surface area (Å²) in [5.41, 5.74) is 6.38. The van der Waals surface area contributed by atoms with E-state index in [1.54, 1.807) is 0 Å². The summed E-state index contributed by atoms with van der Waals surface area (Å²) in [7, 11) is 2.07. The molecule has 3 heterocycles. The van der Waals surface area contributed by atoms with Crippen molar-refractivity contribution in [1.82, 2.24) is 19.5 Å². The molecule has 0 aliphatic rings. The van der Waals surface area contributed by atoms with E-state index in [2.05, 4.69) is 64.0 Å². The Kier molecular flexibility index (Phi) is 2.97. The zero-order chi connectivity index (χ0) is 16.8. The lowest BCUT2D eigenvalue weighted by Crippen LogP contribution is -1.95. The molecule has 0 saturated carbocycles. The van der Waals surface area contributed by atoms with Crippen LogP contribution in [-0.2, 0) is 7.05 Å². The number of nitrogens with zero attached hydrogens (tertiary/aromatic N) is 3. The average molecular weight is 324 g/mol. The number of hydrogen-bond donors (Lipinski definition) is 1. The van der Waals surface area contributed by atoms with Gasteiger partial charge in [-0.3, -0.25) is 4.98 Å². The molecular formula is C21H16N4. The van der Waals surface area contributed by atoms with E-state index in [0.717, 1.165) is 33.5 Å². The number of H-pyrrole nitrogens is 1. The van der Waals surface area contributed by atoms with Crippen LogP contribution in [0.4, 0.5) is 0 Å². The zero-order valence-electron chi connectivity index (χ0n) is 13.8. The van der Waals surface area contributed by atoms with Crippen LogP contribution < -0.4 is 0 Å². The monoisotopic (exact) mass is 324 g/mol. The van der Waals surface area contributed by atoms with Gasteiger partial charge in [0.25, 0.3) is 0 Å². The van der Waals surface area contributed by atoms with Crippen LogP contribution in [-0.4, -0.2) is 19.5 Å². The molecule has 0 spiro atoms. The molecule has 0 aliphatic heterocycles. The summed E-state index contributed by atoms with van der Waals surface area (Å²) in [5.74, 6) is 0.871. The van der Waals surface area contributed by atoms with Crippen molar-refractivity contribution in [2.45, 2.75) is 0 Å². The maximum atomic E-state index is 4.86. The number of imidazole rings is 1. The number of benzene rings is 2. The van der Waals surface area contributed by atoms with Gasteiger partial charge in [-0.15, -0.1) is 0 Å². The van der Waals surface area contributed by atoms with E-state index >= 15 is 0 Å². The van der Waals surface area contributed by atoms with Crippen LogP contribution in [0.2, 0.25) is 0 Å². The fraction of sp³-hybridized carbons (Fsp3) is 0.0476. The Balaban J connectivity index is 1.69. The predicted octanol–water partition coefficient (Wildman–Crippen LogP) is 4.78. The predicted molar refractivity (Wildman–Crippen MR) is 101 cm³/mol. The third-order valence-electron chi connectivity index (χ3n) is 4.67. The Bertz CT molecular complexity index is 1200. The van der Waals surface area contributed by atoms with Crippen molar-refractivity contribution >= 4 is 21.9 Å². The van der Waals surface area contributed by atoms with Crippen molar-refractivity contribution in [1.29, 1.82) is 0 Å². The second-order valence-corrected chi connectivity index (χ2v) is 6.15. The lowest BCUT2D eigenvalue weighted by atomic mass is 10.2. The van der Waals surface area contributed by atoms with Crippen molar-refractivity contribution in [3.63, 3.8) is 0 Å². The summed E-state index contributed by atoms with van der Waals surface area (Å²) >= 11 is 0. The van der Waals surface area contributed by atoms with Gasteiger partial charge in [-0.1, -0.05) is 30.3 Å². The van der Waals surface area contributed by atoms with Crippen LogP contribution in [0.3, 0.4) is 0 Å². The van der Waals surface area contributed by atoms with Gasteiger partial charge in [-0.2, -0.15) is 0 Å². The summed E-state index contributed by atoms with van der Waals surface area (Å²) in [6, 6.07) is 22.7. The molecule has 1 N–H and O–H groups in total. The van der Waals surface area contributed by atoms with E-state index in [1.165, 1.54) is 11.3 Å². The fourth-order valence-corrected chi connectivity index (χ4v) is 3.39. The number of fused-ring (bicyclic) bond motifs is 3. The zero-order valence-corrected chi connectivity index (χ0v) is 13.8. The topological polar surface area (TPSA) is 46.5 Å². The molecular weight excluding hydrogens is 308 g/mol. The summed E-state index contributed by atoms with van der Waals surface area (Å²) in [6.07, 6.45) is 1.81. The first kappa shape index (κ1) is 14.0. The first-order chi connectivity index (χ1) is 12.3. The van der Waals surface area contributed by atoms with Gasteiger partial charge in [0.2, 0.25) is 0 Å². The molecule has 3 aromatic heterocycles. The third kappa shape index (κ3) is 2.15. The van der Waals surface area contributed by atoms with Crippen molar-refractivity contribution in [3.05, 3.63) is 72.9 Å². The second-order valence-electron chi connectivity index (χ2n) is 6.15. The highest BCUT2D eigenvalue weighted by Gasteiger charge is 2.13. The Morgan fingerprint density at radius 3 is 2.56 bits per heavy atom. The number of hydrogen-bond acceptors (Lipinski definition) is 2. The fourth-order valence-electron chi connectivity index (χ4n) is 3.39. The molecule has 0 aliphatic carbocycles. The minimum absolute atomic E-state index is 0.871. The maximum Gasteiger partial charge on any atom is 0.155 e. The van der Waals surface area contributed by atoms with Crippen molar-refractivity contribution < 1.29 is 0 Å². The summed E-state index contributed by atoms with van der Waals surface area (Å²) in [4.78, 5) is 12.7. The lowest BCUT2D eigenvalue weighted by Gasteiger charge is -2.06. The van der Waals surface area contributed by atoms with E-state index in [1.807, 2.05) is 30.5 Å².